The summed E-state index contributed by atoms with van der Waals surface area (Å²) in [6.45, 7) is 0. The number of hydrogen-bond donors (Lipinski definition) is 1. The summed E-state index contributed by atoms with van der Waals surface area (Å²) in [6, 6.07) is 12.0. The summed E-state index contributed by atoms with van der Waals surface area (Å²) in [6.07, 6.45) is 6.13. The van der Waals surface area contributed by atoms with Gasteiger partial charge < -0.3 is 5.32 Å². The van der Waals surface area contributed by atoms with Crippen molar-refractivity contribution >= 4 is 17.7 Å². The molecule has 0 spiro atoms. The highest BCUT2D eigenvalue weighted by Gasteiger charge is 2.18. The lowest BCUT2D eigenvalue weighted by Gasteiger charge is -2.22. The normalized spacial score (nSPS) is 13.9. The van der Waals surface area contributed by atoms with Gasteiger partial charge in [0.25, 0.3) is 0 Å². The summed E-state index contributed by atoms with van der Waals surface area (Å²) in [5.74, 6) is 0. The van der Waals surface area contributed by atoms with Crippen molar-refractivity contribution in [1.29, 1.82) is 0 Å². The van der Waals surface area contributed by atoms with Crippen LogP contribution in [0.25, 0.3) is 5.70 Å². The Morgan fingerprint density at radius 3 is 2.63 bits per heavy atom. The van der Waals surface area contributed by atoms with Crippen LogP contribution in [0.3, 0.4) is 0 Å². The molecule has 1 aromatic heterocycles. The number of aromatic nitrogens is 1. The number of carbonyl (C=O) groups is 1. The zero-order valence-electron chi connectivity index (χ0n) is 10.5. The highest BCUT2D eigenvalue weighted by atomic mass is 16.1. The van der Waals surface area contributed by atoms with Crippen molar-refractivity contribution in [1.82, 2.24) is 4.98 Å². The zero-order chi connectivity index (χ0) is 13.1. The molecular formula is C16H14N2O. The second-order valence-electron chi connectivity index (χ2n) is 4.54. The van der Waals surface area contributed by atoms with Gasteiger partial charge in [-0.1, -0.05) is 24.3 Å². The lowest BCUT2D eigenvalue weighted by atomic mass is 9.90. The molecule has 0 radical (unpaired) electrons. The van der Waals surface area contributed by atoms with Gasteiger partial charge in [-0.05, 0) is 30.5 Å². The van der Waals surface area contributed by atoms with Crippen LogP contribution in [0.1, 0.15) is 17.5 Å². The number of carbonyl (C=O) groups excluding carboxylic acids is 1. The first-order chi connectivity index (χ1) is 9.38. The van der Waals surface area contributed by atoms with Crippen molar-refractivity contribution in [2.24, 2.45) is 0 Å². The van der Waals surface area contributed by atoms with Crippen molar-refractivity contribution in [3.63, 3.8) is 0 Å². The Bertz CT molecular complexity index is 632. The largest absolute Gasteiger partial charge is 0.355 e. The van der Waals surface area contributed by atoms with Crippen LogP contribution in [0.4, 0.5) is 5.69 Å². The Balaban J connectivity index is 2.05. The van der Waals surface area contributed by atoms with Crippen LogP contribution in [-0.4, -0.2) is 11.3 Å². The minimum absolute atomic E-state index is 0.786. The highest BCUT2D eigenvalue weighted by Crippen LogP contribution is 2.31. The lowest BCUT2D eigenvalue weighted by molar-refractivity contribution is -0.105. The molecule has 3 heteroatoms. The van der Waals surface area contributed by atoms with Gasteiger partial charge in [0.05, 0.1) is 5.70 Å². The molecule has 0 aliphatic heterocycles. The summed E-state index contributed by atoms with van der Waals surface area (Å²) in [7, 11) is 0. The maximum atomic E-state index is 11.3. The second kappa shape index (κ2) is 5.06. The number of allylic oxidation sites excluding steroid dienone is 1. The highest BCUT2D eigenvalue weighted by molar-refractivity contribution is 5.94. The van der Waals surface area contributed by atoms with E-state index < -0.39 is 0 Å². The van der Waals surface area contributed by atoms with Crippen LogP contribution in [0.15, 0.2) is 54.4 Å². The maximum Gasteiger partial charge on any atom is 0.148 e. The number of aryl methyl sites for hydroxylation is 1. The van der Waals surface area contributed by atoms with E-state index in [9.17, 15) is 4.79 Å². The van der Waals surface area contributed by atoms with Crippen LogP contribution >= 0.6 is 0 Å². The molecule has 1 aromatic carbocycles. The van der Waals surface area contributed by atoms with E-state index in [1.54, 1.807) is 12.4 Å². The summed E-state index contributed by atoms with van der Waals surface area (Å²) in [5.41, 5.74) is 5.09. The number of nitrogens with zero attached hydrogens (tertiary/aromatic N) is 1. The fourth-order valence-corrected chi connectivity index (χ4v) is 2.39. The van der Waals surface area contributed by atoms with Crippen molar-refractivity contribution in [2.45, 2.75) is 12.8 Å². The Morgan fingerprint density at radius 2 is 1.84 bits per heavy atom. The van der Waals surface area contributed by atoms with Gasteiger partial charge in [-0.2, -0.15) is 0 Å². The molecular weight excluding hydrogens is 236 g/mol. The predicted octanol–water partition coefficient (Wildman–Crippen LogP) is 3.05. The van der Waals surface area contributed by atoms with Crippen LogP contribution in [0.5, 0.6) is 0 Å². The topological polar surface area (TPSA) is 42.0 Å². The monoisotopic (exact) mass is 250 g/mol. The molecule has 1 N–H and O–H groups in total. The number of aldehydes is 1. The summed E-state index contributed by atoms with van der Waals surface area (Å²) in [5, 5.41) is 3.35. The van der Waals surface area contributed by atoms with E-state index in [0.29, 0.717) is 0 Å². The van der Waals surface area contributed by atoms with Crippen LogP contribution < -0.4 is 5.32 Å². The van der Waals surface area contributed by atoms with Gasteiger partial charge in [-0.15, -0.1) is 0 Å². The van der Waals surface area contributed by atoms with E-state index >= 15 is 0 Å². The van der Waals surface area contributed by atoms with E-state index in [0.717, 1.165) is 41.6 Å². The number of hydrogen-bond acceptors (Lipinski definition) is 3. The quantitative estimate of drug-likeness (QED) is 0.851. The Morgan fingerprint density at radius 1 is 1.05 bits per heavy atom. The molecule has 94 valence electrons. The maximum absolute atomic E-state index is 11.3. The first kappa shape index (κ1) is 11.7. The first-order valence-corrected chi connectivity index (χ1v) is 6.32. The third-order valence-electron chi connectivity index (χ3n) is 3.36. The number of fused-ring (bicyclic) bond motifs is 1. The van der Waals surface area contributed by atoms with E-state index in [2.05, 4.69) is 22.4 Å². The van der Waals surface area contributed by atoms with Gasteiger partial charge in [-0.25, -0.2) is 0 Å². The average molecular weight is 250 g/mol. The molecule has 0 saturated carbocycles. The smallest absolute Gasteiger partial charge is 0.148 e. The van der Waals surface area contributed by atoms with Crippen molar-refractivity contribution in [3.8, 4) is 0 Å². The molecule has 19 heavy (non-hydrogen) atoms. The fraction of sp³-hybridized carbons (Fsp3) is 0.125. The first-order valence-electron chi connectivity index (χ1n) is 6.32. The summed E-state index contributed by atoms with van der Waals surface area (Å²) < 4.78 is 0. The van der Waals surface area contributed by atoms with Gasteiger partial charge in [0.15, 0.2) is 0 Å². The molecule has 1 heterocycles. The van der Waals surface area contributed by atoms with Crippen LogP contribution in [0, 0.1) is 0 Å². The van der Waals surface area contributed by atoms with Crippen LogP contribution in [0.2, 0.25) is 0 Å². The molecule has 0 amide bonds. The van der Waals surface area contributed by atoms with Gasteiger partial charge in [0, 0.05) is 29.2 Å². The minimum atomic E-state index is 0.786. The van der Waals surface area contributed by atoms with E-state index in [1.165, 1.54) is 5.56 Å². The van der Waals surface area contributed by atoms with E-state index in [-0.39, 0.29) is 0 Å². The number of benzene rings is 1. The third-order valence-corrected chi connectivity index (χ3v) is 3.36. The SMILES string of the molecule is O=CC1=C(Nc2ccncc2)c2ccccc2CC1. The molecule has 1 aliphatic carbocycles. The van der Waals surface area contributed by atoms with Crippen molar-refractivity contribution < 1.29 is 4.79 Å². The molecule has 2 aromatic rings. The molecule has 3 rings (SSSR count). The number of anilines is 1. The van der Waals surface area contributed by atoms with Gasteiger partial charge in [0.2, 0.25) is 0 Å². The number of pyridine rings is 1. The Kier molecular flexibility index (Phi) is 3.11. The lowest BCUT2D eigenvalue weighted by Crippen LogP contribution is -2.12. The van der Waals surface area contributed by atoms with Crippen molar-refractivity contribution in [3.05, 3.63) is 65.5 Å². The second-order valence-corrected chi connectivity index (χ2v) is 4.54. The predicted molar refractivity (Wildman–Crippen MR) is 75.6 cm³/mol. The van der Waals surface area contributed by atoms with Crippen molar-refractivity contribution in [2.75, 3.05) is 5.32 Å². The molecule has 0 atom stereocenters. The van der Waals surface area contributed by atoms with Gasteiger partial charge >= 0.3 is 0 Å². The minimum Gasteiger partial charge on any atom is -0.355 e. The Hall–Kier alpha value is -2.42. The average Bonchev–Trinajstić information content (AvgIpc) is 2.49. The van der Waals surface area contributed by atoms with Gasteiger partial charge in [0.1, 0.15) is 6.29 Å². The fourth-order valence-electron chi connectivity index (χ4n) is 2.39. The summed E-state index contributed by atoms with van der Waals surface area (Å²) in [4.78, 5) is 15.3. The molecule has 3 nitrogen and oxygen atoms in total. The number of nitrogens with one attached hydrogen (secondary N) is 1. The zero-order valence-corrected chi connectivity index (χ0v) is 10.5. The molecule has 1 aliphatic rings. The van der Waals surface area contributed by atoms with Gasteiger partial charge in [-0.3, -0.25) is 9.78 Å². The number of rotatable bonds is 3. The van der Waals surface area contributed by atoms with E-state index in [1.807, 2.05) is 24.3 Å². The summed E-state index contributed by atoms with van der Waals surface area (Å²) >= 11 is 0. The molecule has 0 unspecified atom stereocenters. The third kappa shape index (κ3) is 2.27. The molecule has 0 saturated heterocycles. The molecule has 0 fully saturated rings. The van der Waals surface area contributed by atoms with E-state index in [4.69, 9.17) is 0 Å². The van der Waals surface area contributed by atoms with Crippen LogP contribution in [-0.2, 0) is 11.2 Å². The standard InChI is InChI=1S/C16H14N2O/c19-11-13-6-5-12-3-1-2-4-15(12)16(13)18-14-7-9-17-10-8-14/h1-4,7-11H,5-6H2,(H,17,18). The Labute approximate surface area is 112 Å². The molecule has 0 bridgehead atoms.